The fourth-order valence-electron chi connectivity index (χ4n) is 4.26. The molecule has 1 amide bonds. The first-order valence-corrected chi connectivity index (χ1v) is 12.0. The average molecular weight is 470 g/mol. The molecule has 3 aromatic rings. The van der Waals surface area contributed by atoms with Crippen LogP contribution in [0.1, 0.15) is 49.1 Å². The fraction of sp³-hybridized carbons (Fsp3) is 0.267. The van der Waals surface area contributed by atoms with Crippen LogP contribution in [0.25, 0.3) is 5.76 Å². The number of hydrogen-bond donors (Lipinski definition) is 1. The van der Waals surface area contributed by atoms with Gasteiger partial charge in [0.05, 0.1) is 18.2 Å². The SMILES string of the molecule is CCc1ccc(/C(O)=C2\C(=O)C(=O)N(c3cccc(C)c3)C2c2ccc(OCC(C)C)cc2)cc1. The van der Waals surface area contributed by atoms with Crippen molar-refractivity contribution in [3.63, 3.8) is 0 Å². The summed E-state index contributed by atoms with van der Waals surface area (Å²) in [6.45, 7) is 8.74. The number of aryl methyl sites for hydroxylation is 2. The van der Waals surface area contributed by atoms with Gasteiger partial charge in [-0.05, 0) is 60.2 Å². The molecule has 0 bridgehead atoms. The first-order valence-electron chi connectivity index (χ1n) is 12.0. The molecule has 0 aliphatic carbocycles. The highest BCUT2D eigenvalue weighted by Crippen LogP contribution is 2.42. The zero-order valence-electron chi connectivity index (χ0n) is 20.6. The summed E-state index contributed by atoms with van der Waals surface area (Å²) in [5.41, 5.74) is 4.00. The Morgan fingerprint density at radius 3 is 2.29 bits per heavy atom. The van der Waals surface area contributed by atoms with Gasteiger partial charge in [0.25, 0.3) is 11.7 Å². The average Bonchev–Trinajstić information content (AvgIpc) is 3.13. The third-order valence-electron chi connectivity index (χ3n) is 6.14. The van der Waals surface area contributed by atoms with Crippen LogP contribution in [0.15, 0.2) is 78.4 Å². The van der Waals surface area contributed by atoms with Crippen molar-refractivity contribution in [1.29, 1.82) is 0 Å². The number of ether oxygens (including phenoxy) is 1. The van der Waals surface area contributed by atoms with Crippen molar-refractivity contribution in [3.05, 3.63) is 101 Å². The van der Waals surface area contributed by atoms with Crippen LogP contribution in [0.5, 0.6) is 5.75 Å². The molecule has 1 atom stereocenters. The molecule has 35 heavy (non-hydrogen) atoms. The molecular formula is C30H31NO4. The lowest BCUT2D eigenvalue weighted by Gasteiger charge is -2.26. The van der Waals surface area contributed by atoms with Crippen LogP contribution >= 0.6 is 0 Å². The Kier molecular flexibility index (Phi) is 7.06. The summed E-state index contributed by atoms with van der Waals surface area (Å²) in [5, 5.41) is 11.3. The highest BCUT2D eigenvalue weighted by molar-refractivity contribution is 6.51. The topological polar surface area (TPSA) is 66.8 Å². The van der Waals surface area contributed by atoms with Crippen molar-refractivity contribution in [2.45, 2.75) is 40.2 Å². The van der Waals surface area contributed by atoms with Crippen LogP contribution < -0.4 is 9.64 Å². The smallest absolute Gasteiger partial charge is 0.300 e. The van der Waals surface area contributed by atoms with Gasteiger partial charge in [0, 0.05) is 11.3 Å². The number of aliphatic hydroxyl groups excluding tert-OH is 1. The van der Waals surface area contributed by atoms with E-state index in [0.29, 0.717) is 35.1 Å². The van der Waals surface area contributed by atoms with E-state index >= 15 is 0 Å². The zero-order chi connectivity index (χ0) is 25.1. The van der Waals surface area contributed by atoms with Gasteiger partial charge in [0.2, 0.25) is 0 Å². The van der Waals surface area contributed by atoms with Crippen LogP contribution in [0.4, 0.5) is 5.69 Å². The summed E-state index contributed by atoms with van der Waals surface area (Å²) >= 11 is 0. The number of ketones is 1. The second kappa shape index (κ2) is 10.2. The lowest BCUT2D eigenvalue weighted by atomic mass is 9.94. The molecule has 0 spiro atoms. The Balaban J connectivity index is 1.84. The van der Waals surface area contributed by atoms with Gasteiger partial charge < -0.3 is 9.84 Å². The molecule has 180 valence electrons. The number of carbonyl (C=O) groups is 2. The number of Topliss-reactive ketones (excluding diaryl/α,β-unsaturated/α-hetero) is 1. The molecule has 1 unspecified atom stereocenters. The quantitative estimate of drug-likeness (QED) is 0.253. The number of aliphatic hydroxyl groups is 1. The second-order valence-electron chi connectivity index (χ2n) is 9.33. The maximum absolute atomic E-state index is 13.3. The number of hydrogen-bond acceptors (Lipinski definition) is 4. The fourth-order valence-corrected chi connectivity index (χ4v) is 4.26. The predicted molar refractivity (Wildman–Crippen MR) is 139 cm³/mol. The number of anilines is 1. The minimum absolute atomic E-state index is 0.0802. The third kappa shape index (κ3) is 4.99. The third-order valence-corrected chi connectivity index (χ3v) is 6.14. The number of amides is 1. The summed E-state index contributed by atoms with van der Waals surface area (Å²) in [5.74, 6) is -0.431. The number of carbonyl (C=O) groups excluding carboxylic acids is 2. The number of nitrogens with zero attached hydrogens (tertiary/aromatic N) is 1. The van der Waals surface area contributed by atoms with Crippen LogP contribution in [0.2, 0.25) is 0 Å². The van der Waals surface area contributed by atoms with Gasteiger partial charge in [0.15, 0.2) is 0 Å². The molecule has 5 nitrogen and oxygen atoms in total. The minimum Gasteiger partial charge on any atom is -0.507 e. The first kappa shape index (κ1) is 24.3. The number of rotatable bonds is 7. The highest BCUT2D eigenvalue weighted by atomic mass is 16.5. The predicted octanol–water partition coefficient (Wildman–Crippen LogP) is 6.22. The molecule has 1 heterocycles. The van der Waals surface area contributed by atoms with E-state index in [9.17, 15) is 14.7 Å². The van der Waals surface area contributed by atoms with Crippen LogP contribution in [-0.4, -0.2) is 23.4 Å². The summed E-state index contributed by atoms with van der Waals surface area (Å²) < 4.78 is 5.81. The van der Waals surface area contributed by atoms with Gasteiger partial charge in [-0.15, -0.1) is 0 Å². The van der Waals surface area contributed by atoms with Crippen molar-refractivity contribution in [2.24, 2.45) is 5.92 Å². The number of benzene rings is 3. The lowest BCUT2D eigenvalue weighted by molar-refractivity contribution is -0.132. The zero-order valence-corrected chi connectivity index (χ0v) is 20.6. The van der Waals surface area contributed by atoms with E-state index in [1.807, 2.05) is 61.5 Å². The van der Waals surface area contributed by atoms with Crippen molar-refractivity contribution in [1.82, 2.24) is 0 Å². The largest absolute Gasteiger partial charge is 0.507 e. The van der Waals surface area contributed by atoms with Gasteiger partial charge >= 0.3 is 0 Å². The van der Waals surface area contributed by atoms with E-state index in [-0.39, 0.29) is 11.3 Å². The molecule has 1 aliphatic rings. The van der Waals surface area contributed by atoms with Crippen molar-refractivity contribution in [3.8, 4) is 5.75 Å². The van der Waals surface area contributed by atoms with Crippen molar-refractivity contribution < 1.29 is 19.4 Å². The molecule has 4 rings (SSSR count). The summed E-state index contributed by atoms with van der Waals surface area (Å²) in [4.78, 5) is 28.1. The Bertz CT molecular complexity index is 1260. The molecule has 1 aliphatic heterocycles. The van der Waals surface area contributed by atoms with E-state index in [1.165, 1.54) is 4.90 Å². The van der Waals surface area contributed by atoms with E-state index in [0.717, 1.165) is 17.5 Å². The molecule has 0 radical (unpaired) electrons. The maximum atomic E-state index is 13.3. The van der Waals surface area contributed by atoms with Crippen LogP contribution in [-0.2, 0) is 16.0 Å². The Morgan fingerprint density at radius 2 is 1.69 bits per heavy atom. The van der Waals surface area contributed by atoms with Crippen molar-refractivity contribution in [2.75, 3.05) is 11.5 Å². The molecule has 0 saturated carbocycles. The highest BCUT2D eigenvalue weighted by Gasteiger charge is 2.47. The van der Waals surface area contributed by atoms with Gasteiger partial charge in [-0.1, -0.05) is 69.3 Å². The molecule has 1 saturated heterocycles. The summed E-state index contributed by atoms with van der Waals surface area (Å²) in [7, 11) is 0. The molecule has 1 fully saturated rings. The lowest BCUT2D eigenvalue weighted by Crippen LogP contribution is -2.29. The molecule has 1 N–H and O–H groups in total. The van der Waals surface area contributed by atoms with Gasteiger partial charge in [-0.2, -0.15) is 0 Å². The molecule has 5 heteroatoms. The van der Waals surface area contributed by atoms with E-state index in [4.69, 9.17) is 4.74 Å². The van der Waals surface area contributed by atoms with Gasteiger partial charge in [0.1, 0.15) is 11.5 Å². The van der Waals surface area contributed by atoms with Crippen LogP contribution in [0.3, 0.4) is 0 Å². The normalized spacial score (nSPS) is 17.3. The molecule has 0 aromatic heterocycles. The summed E-state index contributed by atoms with van der Waals surface area (Å²) in [6, 6.07) is 21.5. The Labute approximate surface area is 206 Å². The van der Waals surface area contributed by atoms with E-state index < -0.39 is 17.7 Å². The van der Waals surface area contributed by atoms with E-state index in [2.05, 4.69) is 20.8 Å². The van der Waals surface area contributed by atoms with E-state index in [1.54, 1.807) is 18.2 Å². The standard InChI is InChI=1S/C30H31NO4/c1-5-21-9-11-23(12-10-21)28(32)26-27(22-13-15-25(16-14-22)35-18-19(2)3)31(30(34)29(26)33)24-8-6-7-20(4)17-24/h6-17,19,27,32H,5,18H2,1-4H3/b28-26+. The first-order chi connectivity index (χ1) is 16.8. The van der Waals surface area contributed by atoms with Gasteiger partial charge in [-0.3, -0.25) is 14.5 Å². The van der Waals surface area contributed by atoms with Gasteiger partial charge in [-0.25, -0.2) is 0 Å². The molecule has 3 aromatic carbocycles. The van der Waals surface area contributed by atoms with Crippen molar-refractivity contribution >= 4 is 23.1 Å². The minimum atomic E-state index is -0.762. The summed E-state index contributed by atoms with van der Waals surface area (Å²) in [6.07, 6.45) is 0.865. The maximum Gasteiger partial charge on any atom is 0.300 e. The molecular weight excluding hydrogens is 438 g/mol. The second-order valence-corrected chi connectivity index (χ2v) is 9.33. The monoisotopic (exact) mass is 469 g/mol. The Morgan fingerprint density at radius 1 is 1.00 bits per heavy atom. The van der Waals surface area contributed by atoms with Crippen LogP contribution in [0, 0.1) is 12.8 Å². The Hall–Kier alpha value is -3.86.